The SMILES string of the molecule is COc1cccc(-n2cc(CN(C)C(=O)CSCC3CC3)cn2)c1. The highest BCUT2D eigenvalue weighted by molar-refractivity contribution is 7.99. The number of rotatable bonds is 8. The number of amides is 1. The van der Waals surface area contributed by atoms with Gasteiger partial charge >= 0.3 is 0 Å². The monoisotopic (exact) mass is 345 g/mol. The lowest BCUT2D eigenvalue weighted by atomic mass is 10.3. The minimum atomic E-state index is 0.176. The molecule has 5 nitrogen and oxygen atoms in total. The molecular formula is C18H23N3O2S. The highest BCUT2D eigenvalue weighted by Crippen LogP contribution is 2.32. The lowest BCUT2D eigenvalue weighted by Gasteiger charge is -2.15. The van der Waals surface area contributed by atoms with Crippen molar-refractivity contribution in [3.8, 4) is 11.4 Å². The van der Waals surface area contributed by atoms with Crippen molar-refractivity contribution in [2.45, 2.75) is 19.4 Å². The Hall–Kier alpha value is -1.95. The number of hydrogen-bond donors (Lipinski definition) is 0. The molecule has 0 atom stereocenters. The van der Waals surface area contributed by atoms with E-state index in [1.54, 1.807) is 34.7 Å². The van der Waals surface area contributed by atoms with Gasteiger partial charge < -0.3 is 9.64 Å². The number of carbonyl (C=O) groups is 1. The third-order valence-corrected chi connectivity index (χ3v) is 5.23. The van der Waals surface area contributed by atoms with Crippen molar-refractivity contribution in [1.29, 1.82) is 0 Å². The molecule has 1 amide bonds. The third kappa shape index (κ3) is 4.54. The lowest BCUT2D eigenvalue weighted by molar-refractivity contribution is -0.127. The molecule has 2 aromatic rings. The molecule has 0 bridgehead atoms. The van der Waals surface area contributed by atoms with Gasteiger partial charge in [-0.25, -0.2) is 4.68 Å². The number of hydrogen-bond acceptors (Lipinski definition) is 4. The van der Waals surface area contributed by atoms with E-state index < -0.39 is 0 Å². The summed E-state index contributed by atoms with van der Waals surface area (Å²) in [7, 11) is 3.50. The molecule has 0 radical (unpaired) electrons. The maximum Gasteiger partial charge on any atom is 0.232 e. The second kappa shape index (κ2) is 7.75. The number of methoxy groups -OCH3 is 1. The van der Waals surface area contributed by atoms with Crippen LogP contribution in [0.4, 0.5) is 0 Å². The van der Waals surface area contributed by atoms with Gasteiger partial charge in [0.05, 0.1) is 24.7 Å². The molecule has 1 heterocycles. The Morgan fingerprint density at radius 1 is 1.46 bits per heavy atom. The van der Waals surface area contributed by atoms with E-state index in [9.17, 15) is 4.79 Å². The highest BCUT2D eigenvalue weighted by atomic mass is 32.2. The van der Waals surface area contributed by atoms with Crippen LogP contribution in [-0.2, 0) is 11.3 Å². The maximum atomic E-state index is 12.2. The van der Waals surface area contributed by atoms with Crippen molar-refractivity contribution in [2.24, 2.45) is 5.92 Å². The number of benzene rings is 1. The summed E-state index contributed by atoms with van der Waals surface area (Å²) in [5, 5.41) is 4.39. The van der Waals surface area contributed by atoms with Crippen LogP contribution in [0.1, 0.15) is 18.4 Å². The van der Waals surface area contributed by atoms with Crippen molar-refractivity contribution in [3.05, 3.63) is 42.2 Å². The molecule has 1 aliphatic carbocycles. The molecule has 0 spiro atoms. The number of ether oxygens (including phenoxy) is 1. The van der Waals surface area contributed by atoms with Gasteiger partial charge in [0.2, 0.25) is 5.91 Å². The van der Waals surface area contributed by atoms with Crippen LogP contribution in [0.15, 0.2) is 36.7 Å². The first kappa shape index (κ1) is 16.9. The topological polar surface area (TPSA) is 47.4 Å². The van der Waals surface area contributed by atoms with Gasteiger partial charge in [0.1, 0.15) is 5.75 Å². The number of nitrogens with zero attached hydrogens (tertiary/aromatic N) is 3. The van der Waals surface area contributed by atoms with Crippen LogP contribution in [0.25, 0.3) is 5.69 Å². The molecule has 0 N–H and O–H groups in total. The van der Waals surface area contributed by atoms with E-state index in [-0.39, 0.29) is 5.91 Å². The van der Waals surface area contributed by atoms with Crippen LogP contribution < -0.4 is 4.74 Å². The molecule has 0 aliphatic heterocycles. The molecule has 6 heteroatoms. The normalized spacial score (nSPS) is 13.8. The van der Waals surface area contributed by atoms with E-state index in [1.165, 1.54) is 12.8 Å². The summed E-state index contributed by atoms with van der Waals surface area (Å²) in [6.45, 7) is 0.576. The van der Waals surface area contributed by atoms with E-state index in [1.807, 2.05) is 37.5 Å². The Morgan fingerprint density at radius 2 is 2.29 bits per heavy atom. The van der Waals surface area contributed by atoms with Crippen molar-refractivity contribution < 1.29 is 9.53 Å². The largest absolute Gasteiger partial charge is 0.497 e. The Bertz CT molecular complexity index is 697. The minimum absolute atomic E-state index is 0.176. The van der Waals surface area contributed by atoms with Gasteiger partial charge in [-0.3, -0.25) is 4.79 Å². The van der Waals surface area contributed by atoms with Crippen LogP contribution in [0.2, 0.25) is 0 Å². The first-order valence-corrected chi connectivity index (χ1v) is 9.31. The zero-order chi connectivity index (χ0) is 16.9. The summed E-state index contributed by atoms with van der Waals surface area (Å²) >= 11 is 1.75. The predicted molar refractivity (Wildman–Crippen MR) is 96.6 cm³/mol. The van der Waals surface area contributed by atoms with Crippen LogP contribution in [0.3, 0.4) is 0 Å². The second-order valence-electron chi connectivity index (χ2n) is 6.20. The average molecular weight is 345 g/mol. The fourth-order valence-electron chi connectivity index (χ4n) is 2.41. The van der Waals surface area contributed by atoms with Gasteiger partial charge in [-0.2, -0.15) is 16.9 Å². The third-order valence-electron chi connectivity index (χ3n) is 4.08. The highest BCUT2D eigenvalue weighted by Gasteiger charge is 2.21. The smallest absolute Gasteiger partial charge is 0.232 e. The van der Waals surface area contributed by atoms with Crippen LogP contribution in [-0.4, -0.2) is 46.3 Å². The maximum absolute atomic E-state index is 12.2. The number of aromatic nitrogens is 2. The Kier molecular flexibility index (Phi) is 5.45. The standard InChI is InChI=1S/C18H23N3O2S/c1-20(18(22)13-24-12-14-6-7-14)10-15-9-19-21(11-15)16-4-3-5-17(8-16)23-2/h3-5,8-9,11,14H,6-7,10,12-13H2,1-2H3. The second-order valence-corrected chi connectivity index (χ2v) is 7.23. The molecule has 1 aromatic carbocycles. The van der Waals surface area contributed by atoms with Crippen molar-refractivity contribution in [2.75, 3.05) is 25.7 Å². The summed E-state index contributed by atoms with van der Waals surface area (Å²) in [5.74, 6) is 3.51. The van der Waals surface area contributed by atoms with E-state index in [0.29, 0.717) is 12.3 Å². The zero-order valence-corrected chi connectivity index (χ0v) is 15.0. The van der Waals surface area contributed by atoms with Gasteiger partial charge in [-0.1, -0.05) is 6.07 Å². The fraction of sp³-hybridized carbons (Fsp3) is 0.444. The molecule has 3 rings (SSSR count). The zero-order valence-electron chi connectivity index (χ0n) is 14.1. The molecule has 0 saturated heterocycles. The first-order chi connectivity index (χ1) is 11.7. The molecule has 1 aliphatic rings. The van der Waals surface area contributed by atoms with E-state index in [4.69, 9.17) is 4.74 Å². The van der Waals surface area contributed by atoms with Gasteiger partial charge in [0, 0.05) is 31.4 Å². The predicted octanol–water partition coefficient (Wildman–Crippen LogP) is 2.98. The summed E-state index contributed by atoms with van der Waals surface area (Å²) in [6.07, 6.45) is 6.43. The van der Waals surface area contributed by atoms with Crippen molar-refractivity contribution in [3.63, 3.8) is 0 Å². The van der Waals surface area contributed by atoms with Crippen LogP contribution in [0, 0.1) is 5.92 Å². The summed E-state index contributed by atoms with van der Waals surface area (Å²) in [4.78, 5) is 13.9. The summed E-state index contributed by atoms with van der Waals surface area (Å²) in [6, 6.07) is 7.74. The molecule has 1 saturated carbocycles. The summed E-state index contributed by atoms with van der Waals surface area (Å²) < 4.78 is 7.05. The van der Waals surface area contributed by atoms with Gasteiger partial charge in [-0.15, -0.1) is 0 Å². The Labute approximate surface area is 147 Å². The summed E-state index contributed by atoms with van der Waals surface area (Å²) in [5.41, 5.74) is 1.95. The number of carbonyl (C=O) groups excluding carboxylic acids is 1. The van der Waals surface area contributed by atoms with Crippen molar-refractivity contribution >= 4 is 17.7 Å². The molecule has 128 valence electrons. The quantitative estimate of drug-likeness (QED) is 0.738. The molecule has 24 heavy (non-hydrogen) atoms. The van der Waals surface area contributed by atoms with Crippen molar-refractivity contribution in [1.82, 2.24) is 14.7 Å². The molecular weight excluding hydrogens is 322 g/mol. The van der Waals surface area contributed by atoms with E-state index in [2.05, 4.69) is 5.10 Å². The van der Waals surface area contributed by atoms with Gasteiger partial charge in [-0.05, 0) is 36.6 Å². The van der Waals surface area contributed by atoms with Gasteiger partial charge in [0.15, 0.2) is 0 Å². The van der Waals surface area contributed by atoms with E-state index >= 15 is 0 Å². The molecule has 1 aromatic heterocycles. The van der Waals surface area contributed by atoms with Crippen LogP contribution >= 0.6 is 11.8 Å². The fourth-order valence-corrected chi connectivity index (χ4v) is 3.59. The molecule has 1 fully saturated rings. The Balaban J connectivity index is 1.55. The lowest BCUT2D eigenvalue weighted by Crippen LogP contribution is -2.27. The van der Waals surface area contributed by atoms with Crippen LogP contribution in [0.5, 0.6) is 5.75 Å². The number of thioether (sulfide) groups is 1. The first-order valence-electron chi connectivity index (χ1n) is 8.15. The molecule has 0 unspecified atom stereocenters. The van der Waals surface area contributed by atoms with E-state index in [0.717, 1.165) is 28.7 Å². The Morgan fingerprint density at radius 3 is 3.04 bits per heavy atom. The minimum Gasteiger partial charge on any atom is -0.497 e. The van der Waals surface area contributed by atoms with Gasteiger partial charge in [0.25, 0.3) is 0 Å². The average Bonchev–Trinajstić information content (AvgIpc) is 3.31.